The van der Waals surface area contributed by atoms with E-state index in [1.165, 1.54) is 16.8 Å². The van der Waals surface area contributed by atoms with Gasteiger partial charge in [0.1, 0.15) is 5.75 Å². The van der Waals surface area contributed by atoms with Gasteiger partial charge in [0.25, 0.3) is 0 Å². The third kappa shape index (κ3) is 4.05. The molecule has 0 aromatic heterocycles. The summed E-state index contributed by atoms with van der Waals surface area (Å²) >= 11 is 6.22. The number of hydrogen-bond donors (Lipinski definition) is 0. The molecule has 0 aliphatic carbocycles. The van der Waals surface area contributed by atoms with Crippen LogP contribution in [-0.4, -0.2) is 25.4 Å². The molecule has 1 aliphatic rings. The zero-order chi connectivity index (χ0) is 20.5. The fourth-order valence-corrected chi connectivity index (χ4v) is 4.57. The Bertz CT molecular complexity index is 888. The van der Waals surface area contributed by atoms with Crippen molar-refractivity contribution in [2.24, 2.45) is 4.99 Å². The quantitative estimate of drug-likeness (QED) is 0.511. The van der Waals surface area contributed by atoms with Crippen LogP contribution < -0.4 is 9.64 Å². The number of halogens is 1. The minimum atomic E-state index is 0.185. The Hall–Kier alpha value is -2.00. The molecule has 2 aromatic carbocycles. The predicted molar refractivity (Wildman–Crippen MR) is 121 cm³/mol. The van der Waals surface area contributed by atoms with Crippen molar-refractivity contribution >= 4 is 29.2 Å². The number of anilines is 1. The molecule has 0 amide bonds. The van der Waals surface area contributed by atoms with Gasteiger partial charge in [0.2, 0.25) is 0 Å². The fraction of sp³-hybridized carbons (Fsp3) is 0.458. The van der Waals surface area contributed by atoms with E-state index in [4.69, 9.17) is 16.3 Å². The second kappa shape index (κ2) is 8.16. The van der Waals surface area contributed by atoms with E-state index in [1.54, 1.807) is 7.11 Å². The summed E-state index contributed by atoms with van der Waals surface area (Å²) in [5, 5.41) is 0.574. The van der Waals surface area contributed by atoms with Gasteiger partial charge in [-0.25, -0.2) is 0 Å². The first-order valence-electron chi connectivity index (χ1n) is 10.1. The number of benzene rings is 2. The van der Waals surface area contributed by atoms with Gasteiger partial charge in [-0.05, 0) is 86.6 Å². The summed E-state index contributed by atoms with van der Waals surface area (Å²) in [6.45, 7) is 12.6. The number of methoxy groups -OCH3 is 1. The zero-order valence-corrected chi connectivity index (χ0v) is 18.6. The van der Waals surface area contributed by atoms with Gasteiger partial charge in [0, 0.05) is 24.0 Å². The Balaban J connectivity index is 1.97. The molecular formula is C24H31ClN2O. The Labute approximate surface area is 174 Å². The monoisotopic (exact) mass is 398 g/mol. The van der Waals surface area contributed by atoms with E-state index in [9.17, 15) is 0 Å². The number of aliphatic imine (C=N–C) groups is 1. The number of aryl methyl sites for hydroxylation is 1. The van der Waals surface area contributed by atoms with Gasteiger partial charge in [-0.2, -0.15) is 0 Å². The third-order valence-corrected chi connectivity index (χ3v) is 6.00. The van der Waals surface area contributed by atoms with Gasteiger partial charge >= 0.3 is 0 Å². The Morgan fingerprint density at radius 2 is 2.04 bits per heavy atom. The average molecular weight is 399 g/mol. The molecule has 1 aliphatic heterocycles. The van der Waals surface area contributed by atoms with Crippen LogP contribution in [-0.2, 0) is 0 Å². The van der Waals surface area contributed by atoms with Crippen LogP contribution in [0.4, 0.5) is 11.4 Å². The molecular weight excluding hydrogens is 368 g/mol. The minimum absolute atomic E-state index is 0.185. The third-order valence-electron chi connectivity index (χ3n) is 5.71. The number of ether oxygens (including phenoxy) is 1. The molecule has 28 heavy (non-hydrogen) atoms. The van der Waals surface area contributed by atoms with E-state index in [2.05, 4.69) is 56.6 Å². The highest BCUT2D eigenvalue weighted by Gasteiger charge is 2.36. The molecule has 1 unspecified atom stereocenters. The van der Waals surface area contributed by atoms with Crippen molar-refractivity contribution in [2.75, 3.05) is 18.6 Å². The van der Waals surface area contributed by atoms with Crippen molar-refractivity contribution < 1.29 is 4.74 Å². The topological polar surface area (TPSA) is 24.8 Å². The summed E-state index contributed by atoms with van der Waals surface area (Å²) in [6, 6.07) is 10.3. The molecule has 0 spiro atoms. The van der Waals surface area contributed by atoms with Gasteiger partial charge in [-0.3, -0.25) is 4.99 Å². The van der Waals surface area contributed by atoms with E-state index in [-0.39, 0.29) is 5.54 Å². The van der Waals surface area contributed by atoms with Crippen LogP contribution in [0.1, 0.15) is 63.1 Å². The van der Waals surface area contributed by atoms with E-state index < -0.39 is 0 Å². The summed E-state index contributed by atoms with van der Waals surface area (Å²) in [5.74, 6) is 1.19. The lowest BCUT2D eigenvalue weighted by atomic mass is 9.79. The van der Waals surface area contributed by atoms with Crippen molar-refractivity contribution in [3.63, 3.8) is 0 Å². The number of hydrogen-bond acceptors (Lipinski definition) is 3. The molecule has 1 atom stereocenters. The average Bonchev–Trinajstić information content (AvgIpc) is 2.63. The highest BCUT2D eigenvalue weighted by atomic mass is 35.5. The van der Waals surface area contributed by atoms with Crippen molar-refractivity contribution in [1.29, 1.82) is 0 Å². The fourth-order valence-electron chi connectivity index (χ4n) is 4.32. The van der Waals surface area contributed by atoms with Gasteiger partial charge < -0.3 is 9.64 Å². The second-order valence-electron chi connectivity index (χ2n) is 8.41. The molecule has 0 fully saturated rings. The molecule has 2 aromatic rings. The summed E-state index contributed by atoms with van der Waals surface area (Å²) in [5.41, 5.74) is 6.22. The van der Waals surface area contributed by atoms with Crippen molar-refractivity contribution in [1.82, 2.24) is 0 Å². The molecule has 0 bridgehead atoms. The lowest BCUT2D eigenvalue weighted by molar-refractivity contribution is 0.376. The highest BCUT2D eigenvalue weighted by molar-refractivity contribution is 6.32. The molecule has 0 saturated heterocycles. The second-order valence-corrected chi connectivity index (χ2v) is 8.82. The number of rotatable bonds is 5. The van der Waals surface area contributed by atoms with E-state index >= 15 is 0 Å². The van der Waals surface area contributed by atoms with Crippen LogP contribution in [0.2, 0.25) is 5.02 Å². The number of fused-ring (bicyclic) bond motifs is 1. The molecule has 4 heteroatoms. The van der Waals surface area contributed by atoms with Gasteiger partial charge in [0.05, 0.1) is 17.8 Å². The van der Waals surface area contributed by atoms with Crippen LogP contribution in [0.15, 0.2) is 35.3 Å². The standard InChI is InChI=1S/C24H31ClN2O/c1-7-10-27-22-11-16(2)18(12-20(22)17(3)14-24(27,4)5)15-26-19-8-9-23(28-6)21(25)13-19/h8-9,11-13,15,17H,7,10,14H2,1-6H3. The minimum Gasteiger partial charge on any atom is -0.495 e. The molecule has 3 nitrogen and oxygen atoms in total. The molecule has 0 saturated carbocycles. The maximum Gasteiger partial charge on any atom is 0.137 e. The smallest absolute Gasteiger partial charge is 0.137 e. The molecule has 0 N–H and O–H groups in total. The Morgan fingerprint density at radius 3 is 2.68 bits per heavy atom. The first-order valence-corrected chi connectivity index (χ1v) is 10.4. The van der Waals surface area contributed by atoms with Crippen molar-refractivity contribution in [3.05, 3.63) is 52.0 Å². The first kappa shape index (κ1) is 20.7. The SMILES string of the molecule is CCCN1c2cc(C)c(C=Nc3ccc(OC)c(Cl)c3)cc2C(C)CC1(C)C. The normalized spacial score (nSPS) is 18.4. The zero-order valence-electron chi connectivity index (χ0n) is 17.8. The largest absolute Gasteiger partial charge is 0.495 e. The summed E-state index contributed by atoms with van der Waals surface area (Å²) in [7, 11) is 1.62. The summed E-state index contributed by atoms with van der Waals surface area (Å²) < 4.78 is 5.21. The maximum absolute atomic E-state index is 6.22. The maximum atomic E-state index is 6.22. The molecule has 150 valence electrons. The summed E-state index contributed by atoms with van der Waals surface area (Å²) in [4.78, 5) is 7.24. The van der Waals surface area contributed by atoms with Crippen LogP contribution in [0.5, 0.6) is 5.75 Å². The van der Waals surface area contributed by atoms with Crippen molar-refractivity contribution in [3.8, 4) is 5.75 Å². The lowest BCUT2D eigenvalue weighted by Gasteiger charge is -2.48. The van der Waals surface area contributed by atoms with Crippen LogP contribution in [0, 0.1) is 6.92 Å². The summed E-state index contributed by atoms with van der Waals surface area (Å²) in [6.07, 6.45) is 4.26. The lowest BCUT2D eigenvalue weighted by Crippen LogP contribution is -2.48. The molecule has 1 heterocycles. The van der Waals surface area contributed by atoms with E-state index in [1.807, 2.05) is 24.4 Å². The van der Waals surface area contributed by atoms with Gasteiger partial charge in [-0.15, -0.1) is 0 Å². The van der Waals surface area contributed by atoms with E-state index in [0.717, 1.165) is 30.6 Å². The van der Waals surface area contributed by atoms with E-state index in [0.29, 0.717) is 16.7 Å². The van der Waals surface area contributed by atoms with Crippen molar-refractivity contribution in [2.45, 2.75) is 58.9 Å². The number of nitrogens with zero attached hydrogens (tertiary/aromatic N) is 2. The van der Waals surface area contributed by atoms with Gasteiger partial charge in [0.15, 0.2) is 0 Å². The Kier molecular flexibility index (Phi) is 6.04. The first-order chi connectivity index (χ1) is 13.3. The van der Waals surface area contributed by atoms with Gasteiger partial charge in [-0.1, -0.05) is 25.4 Å². The predicted octanol–water partition coefficient (Wildman–Crippen LogP) is 6.91. The molecule has 0 radical (unpaired) electrons. The highest BCUT2D eigenvalue weighted by Crippen LogP contribution is 2.44. The van der Waals surface area contributed by atoms with Crippen LogP contribution in [0.3, 0.4) is 0 Å². The molecule has 3 rings (SSSR count). The van der Waals surface area contributed by atoms with Crippen LogP contribution in [0.25, 0.3) is 0 Å². The van der Waals surface area contributed by atoms with Crippen LogP contribution >= 0.6 is 11.6 Å². The Morgan fingerprint density at radius 1 is 1.29 bits per heavy atom.